The van der Waals surface area contributed by atoms with Crippen LogP contribution < -0.4 is 74.6 Å². The van der Waals surface area contributed by atoms with Crippen LogP contribution in [0, 0.1) is 0 Å². The van der Waals surface area contributed by atoms with Gasteiger partial charge in [-0.3, -0.25) is 4.79 Å². The normalized spacial score (nSPS) is 10.5. The molecule has 0 aromatic rings. The minimum atomic E-state index is -1.47. The monoisotopic (exact) mass is 391 g/mol. The second kappa shape index (κ2) is 23.4. The Morgan fingerprint density at radius 1 is 0.808 bits per heavy atom. The fraction of sp³-hybridized carbons (Fsp3) is 0.824. The maximum Gasteiger partial charge on any atom is 1.00 e. The van der Waals surface area contributed by atoms with E-state index in [1.165, 1.54) is 38.5 Å². The van der Waals surface area contributed by atoms with Crippen LogP contribution in [0.3, 0.4) is 0 Å². The zero-order valence-electron chi connectivity index (χ0n) is 16.6. The standard InChI is InChI=1S/C17H31NO5.2Na.H2O/c1-2-3-4-5-6-7-8-9-10-11-15(19)18-14(17(22)23)12-13-16(20)21;;;/h14H,2-13H2,1H3,(H,18,19)(H,20,21)(H,22,23);;;1H2/q;2*+1;/p-2/t14-;;;/m0.../s1. The Balaban J connectivity index is -0.000000807. The van der Waals surface area contributed by atoms with Crippen molar-refractivity contribution < 1.29 is 89.2 Å². The van der Waals surface area contributed by atoms with Gasteiger partial charge in [0.25, 0.3) is 0 Å². The molecule has 0 heterocycles. The summed E-state index contributed by atoms with van der Waals surface area (Å²) >= 11 is 0. The largest absolute Gasteiger partial charge is 1.00 e. The third-order valence-corrected chi connectivity index (χ3v) is 3.76. The molecule has 7 nitrogen and oxygen atoms in total. The summed E-state index contributed by atoms with van der Waals surface area (Å²) in [5.74, 6) is -3.18. The summed E-state index contributed by atoms with van der Waals surface area (Å²) in [5.41, 5.74) is 0. The molecule has 0 radical (unpaired) electrons. The number of unbranched alkanes of at least 4 members (excludes halogenated alkanes) is 8. The summed E-state index contributed by atoms with van der Waals surface area (Å²) < 4.78 is 0. The van der Waals surface area contributed by atoms with E-state index in [1.54, 1.807) is 0 Å². The Hall–Kier alpha value is 0.370. The molecule has 0 saturated carbocycles. The third-order valence-electron chi connectivity index (χ3n) is 3.76. The van der Waals surface area contributed by atoms with Gasteiger partial charge in [-0.1, -0.05) is 58.3 Å². The predicted octanol–water partition coefficient (Wildman–Crippen LogP) is -6.14. The van der Waals surface area contributed by atoms with Crippen LogP contribution in [0.15, 0.2) is 0 Å². The predicted molar refractivity (Wildman–Crippen MR) is 86.6 cm³/mol. The molecular formula is C17H31NNa2O6. The van der Waals surface area contributed by atoms with Crippen LogP contribution in [-0.4, -0.2) is 29.4 Å². The van der Waals surface area contributed by atoms with Gasteiger partial charge in [0.2, 0.25) is 5.91 Å². The van der Waals surface area contributed by atoms with Crippen LogP contribution in [0.4, 0.5) is 0 Å². The molecule has 0 saturated heterocycles. The topological polar surface area (TPSA) is 141 Å². The molecule has 0 rings (SSSR count). The summed E-state index contributed by atoms with van der Waals surface area (Å²) in [6.45, 7) is 2.19. The molecule has 0 fully saturated rings. The summed E-state index contributed by atoms with van der Waals surface area (Å²) in [4.78, 5) is 32.8. The molecule has 26 heavy (non-hydrogen) atoms. The van der Waals surface area contributed by atoms with Crippen molar-refractivity contribution in [1.82, 2.24) is 5.32 Å². The molecular weight excluding hydrogens is 360 g/mol. The van der Waals surface area contributed by atoms with E-state index in [-0.39, 0.29) is 83.3 Å². The van der Waals surface area contributed by atoms with Crippen LogP contribution in [0.5, 0.6) is 0 Å². The molecule has 0 unspecified atom stereocenters. The Morgan fingerprint density at radius 2 is 1.27 bits per heavy atom. The smallest absolute Gasteiger partial charge is 0.550 e. The average molecular weight is 391 g/mol. The Kier molecular flexibility index (Phi) is 30.5. The zero-order valence-corrected chi connectivity index (χ0v) is 20.6. The van der Waals surface area contributed by atoms with Crippen molar-refractivity contribution in [1.29, 1.82) is 0 Å². The van der Waals surface area contributed by atoms with E-state index in [4.69, 9.17) is 0 Å². The molecule has 0 aromatic heterocycles. The number of carboxylic acid groups (broad SMARTS) is 2. The maximum absolute atomic E-state index is 11.6. The van der Waals surface area contributed by atoms with Crippen molar-refractivity contribution in [2.24, 2.45) is 0 Å². The van der Waals surface area contributed by atoms with Gasteiger partial charge < -0.3 is 30.6 Å². The van der Waals surface area contributed by atoms with E-state index in [9.17, 15) is 24.6 Å². The molecule has 0 aliphatic heterocycles. The third kappa shape index (κ3) is 22.4. The van der Waals surface area contributed by atoms with E-state index in [2.05, 4.69) is 12.2 Å². The Labute approximate surface area is 201 Å². The first-order valence-corrected chi connectivity index (χ1v) is 8.67. The van der Waals surface area contributed by atoms with Crippen LogP contribution >= 0.6 is 0 Å². The quantitative estimate of drug-likeness (QED) is 0.218. The molecule has 0 aliphatic carbocycles. The van der Waals surface area contributed by atoms with E-state index >= 15 is 0 Å². The first-order valence-electron chi connectivity index (χ1n) is 8.67. The van der Waals surface area contributed by atoms with Crippen molar-refractivity contribution in [3.05, 3.63) is 0 Å². The van der Waals surface area contributed by atoms with Gasteiger partial charge in [0.05, 0.1) is 12.0 Å². The molecule has 9 heteroatoms. The second-order valence-corrected chi connectivity index (χ2v) is 5.93. The van der Waals surface area contributed by atoms with E-state index < -0.39 is 24.4 Å². The maximum atomic E-state index is 11.6. The summed E-state index contributed by atoms with van der Waals surface area (Å²) in [6.07, 6.45) is 9.82. The van der Waals surface area contributed by atoms with Gasteiger partial charge in [0, 0.05) is 12.4 Å². The zero-order chi connectivity index (χ0) is 17.5. The van der Waals surface area contributed by atoms with Crippen LogP contribution in [0.2, 0.25) is 0 Å². The molecule has 0 aromatic carbocycles. The van der Waals surface area contributed by atoms with Gasteiger partial charge in [-0.15, -0.1) is 0 Å². The van der Waals surface area contributed by atoms with Crippen molar-refractivity contribution in [2.45, 2.75) is 90.0 Å². The fourth-order valence-electron chi connectivity index (χ4n) is 2.37. The summed E-state index contributed by atoms with van der Waals surface area (Å²) in [6, 6.07) is -1.26. The molecule has 0 aliphatic rings. The van der Waals surface area contributed by atoms with E-state index in [0.29, 0.717) is 6.42 Å². The molecule has 142 valence electrons. The number of hydrogen-bond donors (Lipinski definition) is 1. The minimum absolute atomic E-state index is 0. The van der Waals surface area contributed by atoms with Gasteiger partial charge in [-0.25, -0.2) is 0 Å². The Bertz CT molecular complexity index is 369. The second-order valence-electron chi connectivity index (χ2n) is 5.93. The van der Waals surface area contributed by atoms with Crippen molar-refractivity contribution in [2.75, 3.05) is 0 Å². The molecule has 0 bridgehead atoms. The number of amides is 1. The molecule has 1 amide bonds. The Morgan fingerprint density at radius 3 is 1.69 bits per heavy atom. The van der Waals surface area contributed by atoms with Crippen molar-refractivity contribution in [3.8, 4) is 0 Å². The van der Waals surface area contributed by atoms with Gasteiger partial charge >= 0.3 is 59.1 Å². The van der Waals surface area contributed by atoms with Gasteiger partial charge in [-0.05, 0) is 19.3 Å². The fourth-order valence-corrected chi connectivity index (χ4v) is 2.37. The van der Waals surface area contributed by atoms with Crippen LogP contribution in [0.25, 0.3) is 0 Å². The number of carbonyl (C=O) groups is 3. The summed E-state index contributed by atoms with van der Waals surface area (Å²) in [7, 11) is 0. The number of rotatable bonds is 15. The molecule has 3 N–H and O–H groups in total. The minimum Gasteiger partial charge on any atom is -0.550 e. The molecule has 1 atom stereocenters. The average Bonchev–Trinajstić information content (AvgIpc) is 2.49. The summed E-state index contributed by atoms with van der Waals surface area (Å²) in [5, 5.41) is 23.5. The SMILES string of the molecule is CCCCCCCCCCCC(=O)N[C@@H](CCC(=O)[O-])C(=O)[O-].O.[Na+].[Na+]. The number of nitrogens with one attached hydrogen (secondary N) is 1. The molecule has 0 spiro atoms. The van der Waals surface area contributed by atoms with Gasteiger partial charge in [0.1, 0.15) is 0 Å². The first kappa shape index (κ1) is 33.9. The number of carbonyl (C=O) groups excluding carboxylic acids is 3. The van der Waals surface area contributed by atoms with Crippen molar-refractivity contribution >= 4 is 17.8 Å². The van der Waals surface area contributed by atoms with Crippen LogP contribution in [0.1, 0.15) is 84.0 Å². The van der Waals surface area contributed by atoms with Gasteiger partial charge in [-0.2, -0.15) is 0 Å². The van der Waals surface area contributed by atoms with Gasteiger partial charge in [0.15, 0.2) is 0 Å². The van der Waals surface area contributed by atoms with Crippen LogP contribution in [-0.2, 0) is 14.4 Å². The number of carboxylic acids is 2. The van der Waals surface area contributed by atoms with Crippen molar-refractivity contribution in [3.63, 3.8) is 0 Å². The number of hydrogen-bond acceptors (Lipinski definition) is 5. The van der Waals surface area contributed by atoms with E-state index in [1.807, 2.05) is 0 Å². The first-order chi connectivity index (χ1) is 11.0. The van der Waals surface area contributed by atoms with E-state index in [0.717, 1.165) is 12.8 Å². The number of aliphatic carboxylic acids is 2.